The number of esters is 1. The highest BCUT2D eigenvalue weighted by Gasteiger charge is 2.25. The molecular weight excluding hydrogens is 558 g/mol. The van der Waals surface area contributed by atoms with Crippen LogP contribution in [0.4, 0.5) is 0 Å². The first-order valence-corrected chi connectivity index (χ1v) is 15.0. The Labute approximate surface area is 260 Å². The third kappa shape index (κ3) is 9.39. The molecule has 0 aliphatic rings. The number of ether oxygens (including phenoxy) is 2. The first-order valence-electron chi connectivity index (χ1n) is 15.0. The summed E-state index contributed by atoms with van der Waals surface area (Å²) in [6.45, 7) is 7.37. The largest absolute Gasteiger partial charge is 0.497 e. The summed E-state index contributed by atoms with van der Waals surface area (Å²) in [6.07, 6.45) is 0.953. The smallest absolute Gasteiger partial charge is 0.337 e. The zero-order chi connectivity index (χ0) is 32.2. The van der Waals surface area contributed by atoms with Gasteiger partial charge in [0.25, 0.3) is 11.8 Å². The van der Waals surface area contributed by atoms with Crippen LogP contribution in [-0.4, -0.2) is 78.7 Å². The molecule has 236 valence electrons. The highest BCUT2D eigenvalue weighted by atomic mass is 16.5. The summed E-state index contributed by atoms with van der Waals surface area (Å²) in [5, 5.41) is 11.2. The average molecular weight is 604 g/mol. The number of nitrogens with two attached hydrogens (primary N) is 1. The molecule has 0 saturated carbocycles. The van der Waals surface area contributed by atoms with Crippen LogP contribution in [0.15, 0.2) is 66.7 Å². The summed E-state index contributed by atoms with van der Waals surface area (Å²) in [4.78, 5) is 42.6. The number of hydrogen-bond donors (Lipinski definition) is 2. The first-order chi connectivity index (χ1) is 21.1. The van der Waals surface area contributed by atoms with Crippen molar-refractivity contribution in [1.82, 2.24) is 9.80 Å². The molecule has 0 saturated heterocycles. The zero-order valence-electron chi connectivity index (χ0n) is 26.4. The van der Waals surface area contributed by atoms with Gasteiger partial charge in [-0.25, -0.2) is 4.79 Å². The number of hydrogen-bond acceptors (Lipinski definition) is 7. The van der Waals surface area contributed by atoms with Crippen LogP contribution in [0.1, 0.15) is 74.5 Å². The van der Waals surface area contributed by atoms with E-state index in [-0.39, 0.29) is 24.9 Å². The van der Waals surface area contributed by atoms with Gasteiger partial charge in [-0.15, -0.1) is 0 Å². The monoisotopic (exact) mass is 603 g/mol. The zero-order valence-corrected chi connectivity index (χ0v) is 26.4. The fourth-order valence-corrected chi connectivity index (χ4v) is 5.12. The van der Waals surface area contributed by atoms with Gasteiger partial charge in [0.05, 0.1) is 25.9 Å². The van der Waals surface area contributed by atoms with Crippen LogP contribution >= 0.6 is 0 Å². The van der Waals surface area contributed by atoms with E-state index >= 15 is 0 Å². The Hall–Kier alpha value is -4.21. The summed E-state index contributed by atoms with van der Waals surface area (Å²) in [7, 11) is 2.90. The summed E-state index contributed by atoms with van der Waals surface area (Å²) in [6, 6.07) is 18.7. The Morgan fingerprint density at radius 3 is 2.00 bits per heavy atom. The lowest BCUT2D eigenvalue weighted by atomic mass is 9.99. The number of amides is 2. The van der Waals surface area contributed by atoms with Crippen LogP contribution < -0.4 is 10.5 Å². The molecule has 44 heavy (non-hydrogen) atoms. The van der Waals surface area contributed by atoms with Crippen LogP contribution in [0.5, 0.6) is 5.75 Å². The lowest BCUT2D eigenvalue weighted by Crippen LogP contribution is -2.46. The number of nitrogens with zero attached hydrogens (tertiary/aromatic N) is 2. The maximum absolute atomic E-state index is 14.1. The summed E-state index contributed by atoms with van der Waals surface area (Å²) in [5.74, 6) is -0.210. The van der Waals surface area contributed by atoms with Crippen LogP contribution in [0.25, 0.3) is 0 Å². The molecule has 0 spiro atoms. The summed E-state index contributed by atoms with van der Waals surface area (Å²) < 4.78 is 10.1. The molecular formula is C35H45N3O6. The predicted molar refractivity (Wildman–Crippen MR) is 171 cm³/mol. The number of benzene rings is 3. The lowest BCUT2D eigenvalue weighted by Gasteiger charge is -2.29. The van der Waals surface area contributed by atoms with E-state index in [2.05, 4.69) is 0 Å². The highest BCUT2D eigenvalue weighted by Crippen LogP contribution is 2.20. The van der Waals surface area contributed by atoms with Gasteiger partial charge in [0.15, 0.2) is 0 Å². The number of methoxy groups -OCH3 is 2. The molecule has 3 aromatic rings. The van der Waals surface area contributed by atoms with Crippen molar-refractivity contribution in [2.45, 2.75) is 58.7 Å². The van der Waals surface area contributed by atoms with Gasteiger partial charge in [-0.2, -0.15) is 0 Å². The maximum atomic E-state index is 14.1. The molecule has 0 radical (unpaired) electrons. The summed E-state index contributed by atoms with van der Waals surface area (Å²) >= 11 is 0. The predicted octanol–water partition coefficient (Wildman–Crippen LogP) is 4.63. The van der Waals surface area contributed by atoms with Gasteiger partial charge < -0.3 is 30.1 Å². The maximum Gasteiger partial charge on any atom is 0.337 e. The molecule has 0 unspecified atom stereocenters. The normalized spacial score (nSPS) is 12.2. The number of rotatable bonds is 15. The number of aryl methyl sites for hydroxylation is 1. The minimum atomic E-state index is -1.06. The van der Waals surface area contributed by atoms with Crippen molar-refractivity contribution in [1.29, 1.82) is 0 Å². The third-order valence-corrected chi connectivity index (χ3v) is 7.39. The Bertz CT molecular complexity index is 1400. The van der Waals surface area contributed by atoms with E-state index in [0.29, 0.717) is 42.0 Å². The molecule has 2 atom stereocenters. The van der Waals surface area contributed by atoms with Crippen molar-refractivity contribution in [3.8, 4) is 5.75 Å². The van der Waals surface area contributed by atoms with E-state index in [0.717, 1.165) is 29.5 Å². The quantitative estimate of drug-likeness (QED) is 0.243. The first kappa shape index (κ1) is 34.3. The van der Waals surface area contributed by atoms with Crippen LogP contribution in [0, 0.1) is 6.92 Å². The van der Waals surface area contributed by atoms with E-state index in [1.54, 1.807) is 54.5 Å². The van der Waals surface area contributed by atoms with Crippen molar-refractivity contribution in [3.63, 3.8) is 0 Å². The van der Waals surface area contributed by atoms with Gasteiger partial charge in [0.1, 0.15) is 5.75 Å². The topological polar surface area (TPSA) is 122 Å². The van der Waals surface area contributed by atoms with Crippen LogP contribution in [-0.2, 0) is 17.7 Å². The molecule has 3 aromatic carbocycles. The van der Waals surface area contributed by atoms with E-state index in [1.807, 2.05) is 49.9 Å². The second kappa shape index (κ2) is 16.6. The molecule has 3 rings (SSSR count). The van der Waals surface area contributed by atoms with Crippen molar-refractivity contribution >= 4 is 17.8 Å². The second-order valence-corrected chi connectivity index (χ2v) is 11.0. The minimum absolute atomic E-state index is 0.0352. The van der Waals surface area contributed by atoms with E-state index in [9.17, 15) is 19.5 Å². The van der Waals surface area contributed by atoms with Crippen LogP contribution in [0.2, 0.25) is 0 Å². The Kier molecular flexibility index (Phi) is 12.9. The third-order valence-electron chi connectivity index (χ3n) is 7.39. The van der Waals surface area contributed by atoms with E-state index < -0.39 is 18.1 Å². The number of aliphatic hydroxyl groups is 1. The Balaban J connectivity index is 1.88. The highest BCUT2D eigenvalue weighted by molar-refractivity contribution is 6.00. The van der Waals surface area contributed by atoms with Gasteiger partial charge in [-0.3, -0.25) is 9.59 Å². The molecule has 0 heterocycles. The summed E-state index contributed by atoms with van der Waals surface area (Å²) in [5.41, 5.74) is 10.1. The van der Waals surface area contributed by atoms with Crippen molar-refractivity contribution in [2.75, 3.05) is 33.9 Å². The molecule has 9 heteroatoms. The molecule has 0 aliphatic carbocycles. The van der Waals surface area contributed by atoms with Gasteiger partial charge >= 0.3 is 5.97 Å². The van der Waals surface area contributed by atoms with Crippen molar-refractivity contribution < 1.29 is 29.0 Å². The molecule has 0 bridgehead atoms. The van der Waals surface area contributed by atoms with Gasteiger partial charge in [0, 0.05) is 43.3 Å². The van der Waals surface area contributed by atoms with E-state index in [4.69, 9.17) is 15.2 Å². The molecule has 9 nitrogen and oxygen atoms in total. The van der Waals surface area contributed by atoms with Gasteiger partial charge in [-0.05, 0) is 85.3 Å². The van der Waals surface area contributed by atoms with Gasteiger partial charge in [0.2, 0.25) is 0 Å². The number of aliphatic hydroxyl groups excluding tert-OH is 1. The number of carbonyl (C=O) groups excluding carboxylic acids is 3. The lowest BCUT2D eigenvalue weighted by molar-refractivity contribution is 0.0554. The molecule has 0 aromatic heterocycles. The van der Waals surface area contributed by atoms with Crippen molar-refractivity contribution in [2.24, 2.45) is 5.73 Å². The van der Waals surface area contributed by atoms with Crippen LogP contribution in [0.3, 0.4) is 0 Å². The number of carbonyl (C=O) groups is 3. The minimum Gasteiger partial charge on any atom is -0.497 e. The van der Waals surface area contributed by atoms with Gasteiger partial charge in [-0.1, -0.05) is 38.1 Å². The Morgan fingerprint density at radius 2 is 1.43 bits per heavy atom. The molecule has 2 amide bonds. The van der Waals surface area contributed by atoms with E-state index in [1.165, 1.54) is 7.11 Å². The standard InChI is InChI=1S/C35H45N3O6/c1-6-15-37(16-7-2)33(40)28-17-24(3)18-29(21-28)34(41)38(22-26-9-8-10-30(19-26)43-4)23-32(39)31(36)20-25-11-13-27(14-12-25)35(42)44-5/h8-14,17-19,21,31-32,39H,6-7,15-16,20,22-23,36H2,1-5H3/t31-,32+/m0/s1. The average Bonchev–Trinajstić information content (AvgIpc) is 3.03. The molecule has 0 fully saturated rings. The Morgan fingerprint density at radius 1 is 0.818 bits per heavy atom. The fourth-order valence-electron chi connectivity index (χ4n) is 5.12. The van der Waals surface area contributed by atoms with Crippen molar-refractivity contribution in [3.05, 3.63) is 100 Å². The SMILES string of the molecule is CCCN(CCC)C(=O)c1cc(C)cc(C(=O)N(Cc2cccc(OC)c2)C[C@@H](O)[C@@H](N)Cc2ccc(C(=O)OC)cc2)c1. The fraction of sp³-hybridized carbons (Fsp3) is 0.400. The molecule has 0 aliphatic heterocycles. The molecule has 3 N–H and O–H groups in total. The second-order valence-electron chi connectivity index (χ2n) is 11.0.